The minimum absolute atomic E-state index is 0.00773. The number of rotatable bonds is 6. The molecule has 2 aromatic carbocycles. The molecule has 1 aromatic heterocycles. The summed E-state index contributed by atoms with van der Waals surface area (Å²) < 4.78 is 68.9. The molecule has 0 radical (unpaired) electrons. The van der Waals surface area contributed by atoms with Crippen LogP contribution in [0.3, 0.4) is 0 Å². The van der Waals surface area contributed by atoms with E-state index in [1.165, 1.54) is 24.3 Å². The first-order valence-electron chi connectivity index (χ1n) is 13.1. The Morgan fingerprint density at radius 1 is 1.03 bits per heavy atom. The molecular weight excluding hydrogens is 517 g/mol. The Kier molecular flexibility index (Phi) is 7.46. The van der Waals surface area contributed by atoms with Crippen LogP contribution >= 0.6 is 0 Å². The Morgan fingerprint density at radius 3 is 2.26 bits per heavy atom. The lowest BCUT2D eigenvalue weighted by atomic mass is 9.77. The molecule has 2 aliphatic rings. The molecule has 1 fully saturated rings. The van der Waals surface area contributed by atoms with E-state index in [0.717, 1.165) is 49.9 Å². The van der Waals surface area contributed by atoms with Crippen LogP contribution in [0.15, 0.2) is 48.5 Å². The summed E-state index contributed by atoms with van der Waals surface area (Å²) in [4.78, 5) is 16.7. The predicted molar refractivity (Wildman–Crippen MR) is 134 cm³/mol. The van der Waals surface area contributed by atoms with Crippen LogP contribution in [-0.2, 0) is 23.8 Å². The van der Waals surface area contributed by atoms with Crippen LogP contribution in [0.2, 0.25) is 0 Å². The molecule has 3 aromatic rings. The van der Waals surface area contributed by atoms with E-state index in [-0.39, 0.29) is 30.7 Å². The highest BCUT2D eigenvalue weighted by Gasteiger charge is 2.37. The minimum Gasteiger partial charge on any atom is -0.481 e. The number of carboxylic acids is 1. The third kappa shape index (κ3) is 5.55. The summed E-state index contributed by atoms with van der Waals surface area (Å²) in [5.41, 5.74) is 2.25. The van der Waals surface area contributed by atoms with Gasteiger partial charge in [0.1, 0.15) is 12.0 Å². The maximum atomic E-state index is 15.9. The molecular formula is C30H28F5NO3. The number of alkyl halides is 4. The van der Waals surface area contributed by atoms with Crippen LogP contribution in [0, 0.1) is 11.7 Å². The molecule has 1 saturated carbocycles. The zero-order chi connectivity index (χ0) is 27.9. The van der Waals surface area contributed by atoms with Crippen LogP contribution in [-0.4, -0.2) is 21.2 Å². The molecule has 0 saturated heterocycles. The highest BCUT2D eigenvalue weighted by molar-refractivity contribution is 5.76. The first-order chi connectivity index (χ1) is 18.5. The van der Waals surface area contributed by atoms with Gasteiger partial charge in [-0.2, -0.15) is 13.2 Å². The Morgan fingerprint density at radius 2 is 1.67 bits per heavy atom. The Labute approximate surface area is 222 Å². The summed E-state index contributed by atoms with van der Waals surface area (Å²) in [7, 11) is 0. The van der Waals surface area contributed by atoms with Crippen LogP contribution in [0.1, 0.15) is 83.9 Å². The van der Waals surface area contributed by atoms with Crippen molar-refractivity contribution in [2.75, 3.05) is 0 Å². The van der Waals surface area contributed by atoms with Gasteiger partial charge in [-0.15, -0.1) is 0 Å². The molecule has 4 nitrogen and oxygen atoms in total. The number of aliphatic carboxylic acids is 1. The SMILES string of the molecule is O=C(O)C1Cc2nc(C3CCCC3)c(CC(F)c3ccc(C(F)(F)F)cc3)c(-c3ccc(F)cc3)c2C(O)C1. The van der Waals surface area contributed by atoms with E-state index >= 15 is 4.39 Å². The van der Waals surface area contributed by atoms with Gasteiger partial charge in [-0.3, -0.25) is 9.78 Å². The number of pyridine rings is 1. The zero-order valence-electron chi connectivity index (χ0n) is 21.0. The lowest BCUT2D eigenvalue weighted by Crippen LogP contribution is -2.28. The second-order valence-corrected chi connectivity index (χ2v) is 10.5. The summed E-state index contributed by atoms with van der Waals surface area (Å²) in [5.74, 6) is -2.35. The van der Waals surface area contributed by atoms with Gasteiger partial charge in [0.15, 0.2) is 0 Å². The number of carbonyl (C=O) groups is 1. The van der Waals surface area contributed by atoms with Crippen molar-refractivity contribution in [1.29, 1.82) is 0 Å². The standard InChI is InChI=1S/C30H28F5NO3/c31-21-11-7-17(8-12-21)26-22(15-23(32)16-5-9-20(10-6-16)30(33,34)35)28(18-3-1-2-4-18)36-24-13-19(29(38)39)14-25(37)27(24)26/h5-12,18-19,23,25,37H,1-4,13-15H2,(H,38,39). The van der Waals surface area contributed by atoms with Crippen LogP contribution < -0.4 is 0 Å². The van der Waals surface area contributed by atoms with Crippen LogP contribution in [0.4, 0.5) is 22.0 Å². The molecule has 3 atom stereocenters. The number of aliphatic hydroxyl groups is 1. The van der Waals surface area contributed by atoms with Crippen molar-refractivity contribution >= 4 is 5.97 Å². The molecule has 9 heteroatoms. The summed E-state index contributed by atoms with van der Waals surface area (Å²) in [6, 6.07) is 9.54. The van der Waals surface area contributed by atoms with Gasteiger partial charge >= 0.3 is 12.1 Å². The van der Waals surface area contributed by atoms with Crippen molar-refractivity contribution in [1.82, 2.24) is 4.98 Å². The van der Waals surface area contributed by atoms with E-state index < -0.39 is 41.7 Å². The largest absolute Gasteiger partial charge is 0.481 e. The number of halogens is 5. The van der Waals surface area contributed by atoms with Crippen molar-refractivity contribution in [3.8, 4) is 11.1 Å². The van der Waals surface area contributed by atoms with Gasteiger partial charge in [0, 0.05) is 35.7 Å². The number of carboxylic acid groups (broad SMARTS) is 1. The van der Waals surface area contributed by atoms with E-state index in [0.29, 0.717) is 33.6 Å². The second kappa shape index (κ2) is 10.7. The maximum absolute atomic E-state index is 15.9. The Bertz CT molecular complexity index is 1350. The Balaban J connectivity index is 1.67. The molecule has 1 heterocycles. The summed E-state index contributed by atoms with van der Waals surface area (Å²) in [5, 5.41) is 20.8. The smallest absolute Gasteiger partial charge is 0.416 e. The van der Waals surface area contributed by atoms with Crippen LogP contribution in [0.25, 0.3) is 11.1 Å². The molecule has 2 aliphatic carbocycles. The number of hydrogen-bond donors (Lipinski definition) is 2. The van der Waals surface area contributed by atoms with Crippen LogP contribution in [0.5, 0.6) is 0 Å². The minimum atomic E-state index is -4.54. The molecule has 5 rings (SSSR count). The monoisotopic (exact) mass is 545 g/mol. The van der Waals surface area contributed by atoms with E-state index in [1.807, 2.05) is 0 Å². The highest BCUT2D eigenvalue weighted by atomic mass is 19.4. The first kappa shape index (κ1) is 27.2. The van der Waals surface area contributed by atoms with E-state index in [9.17, 15) is 32.6 Å². The summed E-state index contributed by atoms with van der Waals surface area (Å²) in [6.07, 6.45) is -4.01. The van der Waals surface area contributed by atoms with Gasteiger partial charge in [0.2, 0.25) is 0 Å². The van der Waals surface area contributed by atoms with Crippen molar-refractivity contribution in [2.45, 2.75) is 69.3 Å². The number of aliphatic hydroxyl groups excluding tert-OH is 1. The summed E-state index contributed by atoms with van der Waals surface area (Å²) >= 11 is 0. The molecule has 3 unspecified atom stereocenters. The number of hydrogen-bond acceptors (Lipinski definition) is 3. The highest BCUT2D eigenvalue weighted by Crippen LogP contribution is 2.46. The molecule has 0 amide bonds. The topological polar surface area (TPSA) is 70.4 Å². The normalized spacial score (nSPS) is 20.6. The van der Waals surface area contributed by atoms with Gasteiger partial charge in [-0.25, -0.2) is 8.78 Å². The van der Waals surface area contributed by atoms with Gasteiger partial charge in [-0.1, -0.05) is 37.1 Å². The molecule has 0 bridgehead atoms. The lowest BCUT2D eigenvalue weighted by molar-refractivity contribution is -0.143. The van der Waals surface area contributed by atoms with Crippen molar-refractivity contribution in [3.05, 3.63) is 88.0 Å². The number of benzene rings is 2. The van der Waals surface area contributed by atoms with E-state index in [1.54, 1.807) is 0 Å². The molecule has 0 spiro atoms. The third-order valence-corrected chi connectivity index (χ3v) is 7.93. The van der Waals surface area contributed by atoms with Gasteiger partial charge in [0.05, 0.1) is 17.6 Å². The number of nitrogens with zero attached hydrogens (tertiary/aromatic N) is 1. The fourth-order valence-electron chi connectivity index (χ4n) is 5.98. The Hall–Kier alpha value is -3.33. The van der Waals surface area contributed by atoms with Gasteiger partial charge in [0.25, 0.3) is 0 Å². The van der Waals surface area contributed by atoms with Gasteiger partial charge < -0.3 is 10.2 Å². The maximum Gasteiger partial charge on any atom is 0.416 e. The molecule has 39 heavy (non-hydrogen) atoms. The zero-order valence-corrected chi connectivity index (χ0v) is 21.0. The molecule has 0 aliphatic heterocycles. The predicted octanol–water partition coefficient (Wildman–Crippen LogP) is 7.50. The number of fused-ring (bicyclic) bond motifs is 1. The summed E-state index contributed by atoms with van der Waals surface area (Å²) in [6.45, 7) is 0. The van der Waals surface area contributed by atoms with Crippen molar-refractivity contribution < 1.29 is 37.0 Å². The molecule has 2 N–H and O–H groups in total. The fourth-order valence-corrected chi connectivity index (χ4v) is 5.98. The van der Waals surface area contributed by atoms with E-state index in [4.69, 9.17) is 4.98 Å². The number of aromatic nitrogens is 1. The first-order valence-corrected chi connectivity index (χ1v) is 13.1. The van der Waals surface area contributed by atoms with Crippen molar-refractivity contribution in [2.24, 2.45) is 5.92 Å². The molecule has 206 valence electrons. The average molecular weight is 546 g/mol. The van der Waals surface area contributed by atoms with E-state index in [2.05, 4.69) is 0 Å². The quantitative estimate of drug-likeness (QED) is 0.315. The second-order valence-electron chi connectivity index (χ2n) is 10.5. The average Bonchev–Trinajstić information content (AvgIpc) is 3.43. The van der Waals surface area contributed by atoms with Gasteiger partial charge in [-0.05, 0) is 65.8 Å². The fraction of sp³-hybridized carbons (Fsp3) is 0.400. The third-order valence-electron chi connectivity index (χ3n) is 7.93. The van der Waals surface area contributed by atoms with Crippen molar-refractivity contribution in [3.63, 3.8) is 0 Å². The lowest BCUT2D eigenvalue weighted by Gasteiger charge is -2.32.